The van der Waals surface area contributed by atoms with Gasteiger partial charge in [0.15, 0.2) is 0 Å². The molecule has 0 aliphatic rings. The second-order valence-electron chi connectivity index (χ2n) is 5.95. The Morgan fingerprint density at radius 2 is 1.23 bits per heavy atom. The van der Waals surface area contributed by atoms with E-state index in [1.165, 1.54) is 0 Å². The predicted molar refractivity (Wildman–Crippen MR) is 86.3 cm³/mol. The monoisotopic (exact) mass is 360 g/mol. The number of unbranched alkanes of at least 4 members (excludes halogenated alkanes) is 9. The molecule has 4 nitrogen and oxygen atoms in total. The summed E-state index contributed by atoms with van der Waals surface area (Å²) in [5.74, 6) is 0. The van der Waals surface area contributed by atoms with Gasteiger partial charge in [-0.05, 0) is 19.3 Å². The number of hydrogen-bond donors (Lipinski definition) is 1. The van der Waals surface area contributed by atoms with Crippen molar-refractivity contribution in [3.8, 4) is 0 Å². The summed E-state index contributed by atoms with van der Waals surface area (Å²) >= 11 is 0. The summed E-state index contributed by atoms with van der Waals surface area (Å²) in [5, 5.41) is 7.99. The van der Waals surface area contributed by atoms with E-state index in [0.29, 0.717) is 12.8 Å². The Bertz CT molecular complexity index is 320. The molecule has 0 aromatic heterocycles. The smallest absolute Gasteiger partial charge is 0.748 e. The molecular weight excluding hydrogens is 327 g/mol. The summed E-state index contributed by atoms with van der Waals surface area (Å²) in [6, 6.07) is 0. The molecule has 128 valence electrons. The van der Waals surface area contributed by atoms with Gasteiger partial charge in [0.2, 0.25) is 0 Å². The van der Waals surface area contributed by atoms with Crippen LogP contribution < -0.4 is 51.4 Å². The molecule has 0 spiro atoms. The number of hydrogen-bond acceptors (Lipinski definition) is 4. The van der Waals surface area contributed by atoms with E-state index in [1.54, 1.807) is 0 Å². The average Bonchev–Trinajstić information content (AvgIpc) is 2.42. The second kappa shape index (κ2) is 17.3. The number of rotatable bonds is 15. The van der Waals surface area contributed by atoms with Gasteiger partial charge < -0.3 is 9.66 Å². The van der Waals surface area contributed by atoms with Crippen molar-refractivity contribution in [3.05, 3.63) is 0 Å². The van der Waals surface area contributed by atoms with Crippen LogP contribution >= 0.6 is 0 Å². The molecule has 0 bridgehead atoms. The predicted octanol–water partition coefficient (Wildman–Crippen LogP) is 0.988. The van der Waals surface area contributed by atoms with Crippen LogP contribution in [-0.2, 0) is 10.1 Å². The van der Waals surface area contributed by atoms with E-state index >= 15 is 0 Å². The van der Waals surface area contributed by atoms with Gasteiger partial charge in [0.1, 0.15) is 0 Å². The van der Waals surface area contributed by atoms with Crippen LogP contribution in [0.15, 0.2) is 0 Å². The molecule has 1 unspecified atom stereocenters. The van der Waals surface area contributed by atoms with Crippen LogP contribution in [0.4, 0.5) is 0 Å². The van der Waals surface area contributed by atoms with E-state index in [2.05, 4.69) is 6.92 Å². The van der Waals surface area contributed by atoms with Crippen LogP contribution in [0, 0.1) is 0 Å². The topological polar surface area (TPSA) is 77.4 Å². The van der Waals surface area contributed by atoms with E-state index in [4.69, 9.17) is 5.11 Å². The number of aliphatic hydroxyl groups is 1. The normalized spacial score (nSPS) is 12.9. The van der Waals surface area contributed by atoms with Crippen LogP contribution in [0.3, 0.4) is 0 Å². The van der Waals surface area contributed by atoms with Gasteiger partial charge in [-0.25, -0.2) is 8.42 Å². The second-order valence-corrected chi connectivity index (χ2v) is 7.60. The van der Waals surface area contributed by atoms with Gasteiger partial charge in [0.25, 0.3) is 0 Å². The molecule has 0 heterocycles. The Morgan fingerprint density at radius 1 is 0.818 bits per heavy atom. The molecule has 1 atom stereocenters. The molecule has 0 aliphatic carbocycles. The maximum Gasteiger partial charge on any atom is 1.00 e. The standard InChI is InChI=1S/C16H34O4S.K/c1-2-3-4-10-13-16(21(18,19)20)14-11-8-6-5-7-9-12-15-17;/h16-17H,2-15H2,1H3,(H,18,19,20);/q;+1/p-1. The first-order valence-corrected chi connectivity index (χ1v) is 10.0. The summed E-state index contributed by atoms with van der Waals surface area (Å²) in [5.41, 5.74) is 0. The van der Waals surface area contributed by atoms with Crippen LogP contribution in [0.2, 0.25) is 0 Å². The first-order valence-electron chi connectivity index (χ1n) is 8.58. The van der Waals surface area contributed by atoms with Crippen molar-refractivity contribution in [1.82, 2.24) is 0 Å². The zero-order chi connectivity index (χ0) is 16.0. The fourth-order valence-electron chi connectivity index (χ4n) is 2.60. The van der Waals surface area contributed by atoms with E-state index in [0.717, 1.165) is 70.6 Å². The largest absolute Gasteiger partial charge is 1.00 e. The molecule has 0 aromatic rings. The Kier molecular flexibility index (Phi) is 20.3. The van der Waals surface area contributed by atoms with Gasteiger partial charge in [0, 0.05) is 11.9 Å². The summed E-state index contributed by atoms with van der Waals surface area (Å²) in [4.78, 5) is 0. The van der Waals surface area contributed by atoms with E-state index in [1.807, 2.05) is 0 Å². The van der Waals surface area contributed by atoms with E-state index < -0.39 is 15.4 Å². The molecule has 22 heavy (non-hydrogen) atoms. The minimum absolute atomic E-state index is 0. The van der Waals surface area contributed by atoms with Crippen molar-refractivity contribution in [1.29, 1.82) is 0 Å². The fraction of sp³-hybridized carbons (Fsp3) is 1.00. The SMILES string of the molecule is CCCCCCC(CCCCCCCCCO)S(=O)(=O)[O-].[K+]. The third kappa shape index (κ3) is 16.4. The summed E-state index contributed by atoms with van der Waals surface area (Å²) in [6.45, 7) is 2.38. The minimum Gasteiger partial charge on any atom is -0.748 e. The van der Waals surface area contributed by atoms with E-state index in [-0.39, 0.29) is 58.0 Å². The van der Waals surface area contributed by atoms with Crippen molar-refractivity contribution in [3.63, 3.8) is 0 Å². The molecular formula is C16H33KO4S. The van der Waals surface area contributed by atoms with Crippen molar-refractivity contribution in [2.24, 2.45) is 0 Å². The average molecular weight is 361 g/mol. The zero-order valence-corrected chi connectivity index (χ0v) is 18.5. The van der Waals surface area contributed by atoms with Crippen molar-refractivity contribution >= 4 is 10.1 Å². The van der Waals surface area contributed by atoms with Crippen molar-refractivity contribution in [2.75, 3.05) is 6.61 Å². The molecule has 0 aromatic carbocycles. The summed E-state index contributed by atoms with van der Waals surface area (Å²) in [6.07, 6.45) is 12.3. The molecule has 6 heteroatoms. The zero-order valence-electron chi connectivity index (χ0n) is 14.6. The van der Waals surface area contributed by atoms with Gasteiger partial charge in [0.05, 0.1) is 10.1 Å². The molecule has 0 fully saturated rings. The first kappa shape index (κ1) is 25.7. The fourth-order valence-corrected chi connectivity index (χ4v) is 3.51. The first-order chi connectivity index (χ1) is 10.0. The molecule has 0 saturated carbocycles. The molecule has 0 saturated heterocycles. The quantitative estimate of drug-likeness (QED) is 0.268. The Labute approximate surface area is 180 Å². The maximum atomic E-state index is 11.3. The minimum atomic E-state index is -4.13. The third-order valence-corrected chi connectivity index (χ3v) is 5.26. The van der Waals surface area contributed by atoms with Gasteiger partial charge in [-0.2, -0.15) is 0 Å². The maximum absolute atomic E-state index is 11.3. The number of aliphatic hydroxyl groups excluding tert-OH is 1. The molecule has 1 N–H and O–H groups in total. The molecule has 0 amide bonds. The third-order valence-electron chi connectivity index (χ3n) is 3.97. The van der Waals surface area contributed by atoms with Gasteiger partial charge in [-0.15, -0.1) is 0 Å². The molecule has 0 rings (SSSR count). The van der Waals surface area contributed by atoms with Crippen LogP contribution in [0.1, 0.15) is 90.4 Å². The summed E-state index contributed by atoms with van der Waals surface area (Å²) in [7, 11) is -4.13. The van der Waals surface area contributed by atoms with Gasteiger partial charge in [-0.1, -0.05) is 71.1 Å². The van der Waals surface area contributed by atoms with Crippen molar-refractivity contribution < 1.29 is 69.5 Å². The Hall–Kier alpha value is 1.51. The van der Waals surface area contributed by atoms with Gasteiger partial charge in [-0.3, -0.25) is 0 Å². The van der Waals surface area contributed by atoms with Crippen LogP contribution in [-0.4, -0.2) is 29.9 Å². The Balaban J connectivity index is 0. The van der Waals surface area contributed by atoms with Crippen LogP contribution in [0.25, 0.3) is 0 Å². The molecule has 0 radical (unpaired) electrons. The Morgan fingerprint density at radius 3 is 1.64 bits per heavy atom. The van der Waals surface area contributed by atoms with Gasteiger partial charge >= 0.3 is 51.4 Å². The van der Waals surface area contributed by atoms with Crippen LogP contribution in [0.5, 0.6) is 0 Å². The molecule has 0 aliphatic heterocycles. The summed E-state index contributed by atoms with van der Waals surface area (Å²) < 4.78 is 33.8. The van der Waals surface area contributed by atoms with E-state index in [9.17, 15) is 13.0 Å². The van der Waals surface area contributed by atoms with Crippen molar-refractivity contribution in [2.45, 2.75) is 95.6 Å².